The minimum Gasteiger partial charge on any atom is -0.481 e. The molecule has 0 fully saturated rings. The van der Waals surface area contributed by atoms with E-state index in [4.69, 9.17) is 5.11 Å². The number of rotatable bonds is 2. The number of aryl methyl sites for hydroxylation is 1. The van der Waals surface area contributed by atoms with Crippen LogP contribution in [0, 0.1) is 0 Å². The van der Waals surface area contributed by atoms with Crippen molar-refractivity contribution in [3.63, 3.8) is 0 Å². The van der Waals surface area contributed by atoms with Gasteiger partial charge in [0, 0.05) is 23.7 Å². The standard InChI is InChI=1S/C13H13NO2/c15-13(16)8-10-5-6-14-11-4-2-1-3-9(11)7-12(10)14/h1-4,7,10H,5-6,8H2,(H,15,16). The number of carboxylic acids is 1. The Bertz CT molecular complexity index is 556. The zero-order chi connectivity index (χ0) is 11.1. The molecule has 0 amide bonds. The molecule has 0 radical (unpaired) electrons. The van der Waals surface area contributed by atoms with Crippen LogP contribution in [0.4, 0.5) is 0 Å². The summed E-state index contributed by atoms with van der Waals surface area (Å²) in [5.41, 5.74) is 2.41. The molecule has 0 bridgehead atoms. The number of aromatic nitrogens is 1. The molecule has 0 saturated carbocycles. The lowest BCUT2D eigenvalue weighted by Crippen LogP contribution is -2.02. The summed E-state index contributed by atoms with van der Waals surface area (Å²) in [6, 6.07) is 10.4. The second kappa shape index (κ2) is 3.37. The largest absolute Gasteiger partial charge is 0.481 e. The van der Waals surface area contributed by atoms with Crippen LogP contribution in [0.3, 0.4) is 0 Å². The predicted octanol–water partition coefficient (Wildman–Crippen LogP) is 2.60. The summed E-state index contributed by atoms with van der Waals surface area (Å²) in [5, 5.41) is 10.1. The summed E-state index contributed by atoms with van der Waals surface area (Å²) in [7, 11) is 0. The van der Waals surface area contributed by atoms with E-state index in [1.807, 2.05) is 12.1 Å². The number of benzene rings is 1. The van der Waals surface area contributed by atoms with Crippen molar-refractivity contribution in [3.05, 3.63) is 36.0 Å². The number of fused-ring (bicyclic) bond motifs is 3. The number of carboxylic acid groups (broad SMARTS) is 1. The molecule has 2 aromatic rings. The maximum Gasteiger partial charge on any atom is 0.304 e. The monoisotopic (exact) mass is 215 g/mol. The highest BCUT2D eigenvalue weighted by atomic mass is 16.4. The van der Waals surface area contributed by atoms with Gasteiger partial charge in [0.15, 0.2) is 0 Å². The molecule has 3 rings (SSSR count). The van der Waals surface area contributed by atoms with Gasteiger partial charge < -0.3 is 9.67 Å². The average Bonchev–Trinajstić information content (AvgIpc) is 2.78. The number of hydrogen-bond acceptors (Lipinski definition) is 1. The fourth-order valence-electron chi connectivity index (χ4n) is 2.67. The summed E-state index contributed by atoms with van der Waals surface area (Å²) < 4.78 is 2.25. The second-order valence-electron chi connectivity index (χ2n) is 4.36. The molecule has 2 heterocycles. The summed E-state index contributed by atoms with van der Waals surface area (Å²) in [6.45, 7) is 0.945. The van der Waals surface area contributed by atoms with Gasteiger partial charge in [0.1, 0.15) is 0 Å². The van der Waals surface area contributed by atoms with Crippen LogP contribution in [-0.4, -0.2) is 15.6 Å². The van der Waals surface area contributed by atoms with Crippen LogP contribution in [0.5, 0.6) is 0 Å². The molecule has 1 aliphatic rings. The van der Waals surface area contributed by atoms with Crippen LogP contribution in [0.2, 0.25) is 0 Å². The van der Waals surface area contributed by atoms with Crippen LogP contribution in [0.15, 0.2) is 30.3 Å². The number of aliphatic carboxylic acids is 1. The van der Waals surface area contributed by atoms with Crippen LogP contribution in [0.1, 0.15) is 24.5 Å². The lowest BCUT2D eigenvalue weighted by molar-refractivity contribution is -0.137. The zero-order valence-electron chi connectivity index (χ0n) is 8.89. The Morgan fingerprint density at radius 2 is 2.25 bits per heavy atom. The van der Waals surface area contributed by atoms with Crippen LogP contribution in [0.25, 0.3) is 10.9 Å². The van der Waals surface area contributed by atoms with Gasteiger partial charge in [-0.25, -0.2) is 0 Å². The molecule has 3 heteroatoms. The van der Waals surface area contributed by atoms with Crippen molar-refractivity contribution in [2.24, 2.45) is 0 Å². The first-order valence-corrected chi connectivity index (χ1v) is 5.55. The molecule has 1 aliphatic heterocycles. The Hall–Kier alpha value is -1.77. The van der Waals surface area contributed by atoms with Gasteiger partial charge in [-0.05, 0) is 23.9 Å². The zero-order valence-corrected chi connectivity index (χ0v) is 8.89. The Kier molecular flexibility index (Phi) is 1.99. The Balaban J connectivity index is 2.08. The molecule has 1 aromatic carbocycles. The van der Waals surface area contributed by atoms with E-state index in [9.17, 15) is 4.79 Å². The van der Waals surface area contributed by atoms with Gasteiger partial charge in [-0.2, -0.15) is 0 Å². The van der Waals surface area contributed by atoms with Gasteiger partial charge >= 0.3 is 5.97 Å². The number of para-hydroxylation sites is 1. The molecular formula is C13H13NO2. The van der Waals surface area contributed by atoms with Gasteiger partial charge in [0.05, 0.1) is 6.42 Å². The number of nitrogens with zero attached hydrogens (tertiary/aromatic N) is 1. The van der Waals surface area contributed by atoms with E-state index in [0.29, 0.717) is 0 Å². The normalized spacial score (nSPS) is 18.9. The van der Waals surface area contributed by atoms with Crippen molar-refractivity contribution in [3.8, 4) is 0 Å². The maximum atomic E-state index is 10.8. The summed E-state index contributed by atoms with van der Waals surface area (Å²) in [6.07, 6.45) is 1.20. The third-order valence-electron chi connectivity index (χ3n) is 3.38. The number of carbonyl (C=O) groups is 1. The fraction of sp³-hybridized carbons (Fsp3) is 0.308. The molecule has 1 atom stereocenters. The molecule has 82 valence electrons. The Morgan fingerprint density at radius 3 is 3.06 bits per heavy atom. The third-order valence-corrected chi connectivity index (χ3v) is 3.38. The second-order valence-corrected chi connectivity index (χ2v) is 4.36. The van der Waals surface area contributed by atoms with Gasteiger partial charge in [0.25, 0.3) is 0 Å². The molecule has 16 heavy (non-hydrogen) atoms. The number of hydrogen-bond donors (Lipinski definition) is 1. The van der Waals surface area contributed by atoms with E-state index < -0.39 is 5.97 Å². The highest BCUT2D eigenvalue weighted by Crippen LogP contribution is 2.35. The highest BCUT2D eigenvalue weighted by Gasteiger charge is 2.26. The first kappa shape index (κ1) is 9.46. The minimum atomic E-state index is -0.705. The van der Waals surface area contributed by atoms with E-state index in [-0.39, 0.29) is 12.3 Å². The van der Waals surface area contributed by atoms with Gasteiger partial charge in [-0.1, -0.05) is 18.2 Å². The first-order valence-electron chi connectivity index (χ1n) is 5.55. The molecular weight excluding hydrogens is 202 g/mol. The Morgan fingerprint density at radius 1 is 1.44 bits per heavy atom. The van der Waals surface area contributed by atoms with E-state index in [0.717, 1.165) is 13.0 Å². The van der Waals surface area contributed by atoms with E-state index in [1.165, 1.54) is 16.6 Å². The van der Waals surface area contributed by atoms with E-state index in [2.05, 4.69) is 22.8 Å². The van der Waals surface area contributed by atoms with Gasteiger partial charge in [-0.15, -0.1) is 0 Å². The highest BCUT2D eigenvalue weighted by molar-refractivity contribution is 5.82. The summed E-state index contributed by atoms with van der Waals surface area (Å²) in [4.78, 5) is 10.8. The molecule has 1 aromatic heterocycles. The first-order chi connectivity index (χ1) is 7.75. The summed E-state index contributed by atoms with van der Waals surface area (Å²) >= 11 is 0. The lowest BCUT2D eigenvalue weighted by Gasteiger charge is -2.04. The van der Waals surface area contributed by atoms with Crippen molar-refractivity contribution in [2.45, 2.75) is 25.3 Å². The van der Waals surface area contributed by atoms with E-state index in [1.54, 1.807) is 0 Å². The van der Waals surface area contributed by atoms with Crippen molar-refractivity contribution in [2.75, 3.05) is 0 Å². The molecule has 0 aliphatic carbocycles. The average molecular weight is 215 g/mol. The third kappa shape index (κ3) is 1.32. The van der Waals surface area contributed by atoms with E-state index >= 15 is 0 Å². The van der Waals surface area contributed by atoms with Crippen LogP contribution < -0.4 is 0 Å². The molecule has 0 spiro atoms. The molecule has 3 nitrogen and oxygen atoms in total. The van der Waals surface area contributed by atoms with Crippen molar-refractivity contribution in [1.29, 1.82) is 0 Å². The van der Waals surface area contributed by atoms with Crippen molar-refractivity contribution < 1.29 is 9.90 Å². The summed E-state index contributed by atoms with van der Waals surface area (Å²) in [5.74, 6) is -0.520. The van der Waals surface area contributed by atoms with Crippen molar-refractivity contribution in [1.82, 2.24) is 4.57 Å². The SMILES string of the molecule is O=C(O)CC1CCn2c1cc1ccccc12. The van der Waals surface area contributed by atoms with Crippen LogP contribution in [-0.2, 0) is 11.3 Å². The molecule has 0 saturated heterocycles. The van der Waals surface area contributed by atoms with Crippen LogP contribution >= 0.6 is 0 Å². The maximum absolute atomic E-state index is 10.8. The smallest absolute Gasteiger partial charge is 0.304 e. The topological polar surface area (TPSA) is 42.2 Å². The fourth-order valence-corrected chi connectivity index (χ4v) is 2.67. The minimum absolute atomic E-state index is 0.185. The predicted molar refractivity (Wildman–Crippen MR) is 61.5 cm³/mol. The van der Waals surface area contributed by atoms with Gasteiger partial charge in [-0.3, -0.25) is 4.79 Å². The lowest BCUT2D eigenvalue weighted by atomic mass is 10.0. The van der Waals surface area contributed by atoms with Gasteiger partial charge in [0.2, 0.25) is 0 Å². The Labute approximate surface area is 93.3 Å². The van der Waals surface area contributed by atoms with Crippen molar-refractivity contribution >= 4 is 16.9 Å². The molecule has 1 N–H and O–H groups in total. The molecule has 1 unspecified atom stereocenters. The quantitative estimate of drug-likeness (QED) is 0.836.